The molecule has 1 aromatic heterocycles. The highest BCUT2D eigenvalue weighted by atomic mass is 32.2. The molecule has 0 bridgehead atoms. The van der Waals surface area contributed by atoms with E-state index in [2.05, 4.69) is 15.3 Å². The molecular weight excluding hydrogens is 369 g/mol. The van der Waals surface area contributed by atoms with Gasteiger partial charge in [-0.25, -0.2) is 22.8 Å². The third kappa shape index (κ3) is 4.62. The molecule has 3 rings (SSSR count). The lowest BCUT2D eigenvalue weighted by Crippen LogP contribution is -2.29. The topological polar surface area (TPSA) is 81.2 Å². The number of rotatable bonds is 6. The largest absolute Gasteiger partial charge is 0.494 e. The molecule has 146 valence electrons. The molecule has 1 N–H and O–H groups in total. The Balaban J connectivity index is 1.62. The highest BCUT2D eigenvalue weighted by Crippen LogP contribution is 2.35. The summed E-state index contributed by atoms with van der Waals surface area (Å²) < 4.78 is 41.6. The van der Waals surface area contributed by atoms with Crippen molar-refractivity contribution in [3.63, 3.8) is 0 Å². The Morgan fingerprint density at radius 3 is 2.59 bits per heavy atom. The number of methoxy groups -OCH3 is 1. The van der Waals surface area contributed by atoms with Crippen LogP contribution in [0.3, 0.4) is 0 Å². The lowest BCUT2D eigenvalue weighted by molar-refractivity contribution is 0.384. The van der Waals surface area contributed by atoms with Crippen molar-refractivity contribution in [1.82, 2.24) is 15.3 Å². The fourth-order valence-corrected chi connectivity index (χ4v) is 4.05. The normalized spacial score (nSPS) is 21.2. The number of hydrogen-bond donors (Lipinski definition) is 1. The van der Waals surface area contributed by atoms with Gasteiger partial charge in [-0.1, -0.05) is 6.07 Å². The zero-order valence-electron chi connectivity index (χ0n) is 15.6. The Labute approximate surface area is 159 Å². The van der Waals surface area contributed by atoms with Gasteiger partial charge in [0, 0.05) is 30.7 Å². The first kappa shape index (κ1) is 19.7. The van der Waals surface area contributed by atoms with Gasteiger partial charge in [0.15, 0.2) is 11.6 Å². The monoisotopic (exact) mass is 393 g/mol. The van der Waals surface area contributed by atoms with E-state index in [1.165, 1.54) is 13.2 Å². The number of nitrogens with zero attached hydrogens (tertiary/aromatic N) is 2. The van der Waals surface area contributed by atoms with Crippen LogP contribution in [0.2, 0.25) is 0 Å². The molecular formula is C19H24FN3O3S. The van der Waals surface area contributed by atoms with Gasteiger partial charge in [-0.2, -0.15) is 0 Å². The maximum Gasteiger partial charge on any atom is 0.246 e. The molecule has 0 amide bonds. The van der Waals surface area contributed by atoms with E-state index in [-0.39, 0.29) is 22.8 Å². The molecule has 2 aromatic rings. The molecule has 1 aliphatic carbocycles. The minimum absolute atomic E-state index is 0.0621. The van der Waals surface area contributed by atoms with Gasteiger partial charge in [-0.05, 0) is 55.4 Å². The van der Waals surface area contributed by atoms with Gasteiger partial charge < -0.3 is 10.1 Å². The minimum Gasteiger partial charge on any atom is -0.494 e. The second-order valence-corrected chi connectivity index (χ2v) is 8.97. The van der Waals surface area contributed by atoms with Crippen molar-refractivity contribution in [1.29, 1.82) is 0 Å². The number of halogens is 1. The molecule has 6 nitrogen and oxygen atoms in total. The second-order valence-electron chi connectivity index (χ2n) is 7.06. The molecule has 0 aliphatic heterocycles. The standard InChI is InChI=1S/C19H24FN3O3S/c1-12(13-5-7-17(20)18(9-13)26-2)23-16-6-4-14(8-16)15-10-21-19(22-11-15)27(3,24)25/h5,7,9-12,14,16,23H,4,6,8H2,1-3H3/t12-,14-,16+/m1/s1. The second kappa shape index (κ2) is 7.90. The van der Waals surface area contributed by atoms with Gasteiger partial charge >= 0.3 is 0 Å². The summed E-state index contributed by atoms with van der Waals surface area (Å²) in [5.41, 5.74) is 1.93. The molecule has 8 heteroatoms. The molecule has 1 heterocycles. The van der Waals surface area contributed by atoms with E-state index in [0.29, 0.717) is 12.0 Å². The van der Waals surface area contributed by atoms with Gasteiger partial charge in [0.2, 0.25) is 15.0 Å². The first-order valence-electron chi connectivity index (χ1n) is 8.89. The summed E-state index contributed by atoms with van der Waals surface area (Å²) in [6.07, 6.45) is 7.24. The van der Waals surface area contributed by atoms with Crippen LogP contribution in [0.4, 0.5) is 4.39 Å². The van der Waals surface area contributed by atoms with Gasteiger partial charge in [0.25, 0.3) is 0 Å². The average Bonchev–Trinajstić information content (AvgIpc) is 3.10. The van der Waals surface area contributed by atoms with Crippen LogP contribution in [0.25, 0.3) is 0 Å². The number of nitrogens with one attached hydrogen (secondary N) is 1. The molecule has 27 heavy (non-hydrogen) atoms. The van der Waals surface area contributed by atoms with Crippen LogP contribution in [0.1, 0.15) is 49.3 Å². The summed E-state index contributed by atoms with van der Waals surface area (Å²) in [6, 6.07) is 5.28. The van der Waals surface area contributed by atoms with E-state index in [1.807, 2.05) is 6.92 Å². The summed E-state index contributed by atoms with van der Waals surface area (Å²) in [5.74, 6) is 0.173. The van der Waals surface area contributed by atoms with E-state index < -0.39 is 9.84 Å². The molecule has 0 saturated heterocycles. The Morgan fingerprint density at radius 1 is 1.26 bits per heavy atom. The number of hydrogen-bond acceptors (Lipinski definition) is 6. The Kier molecular flexibility index (Phi) is 5.76. The van der Waals surface area contributed by atoms with Crippen LogP contribution in [0.15, 0.2) is 35.7 Å². The number of aromatic nitrogens is 2. The van der Waals surface area contributed by atoms with Crippen LogP contribution < -0.4 is 10.1 Å². The third-order valence-corrected chi connectivity index (χ3v) is 5.92. The SMILES string of the molecule is COc1cc([C@@H](C)N[C@H]2CC[C@@H](c3cnc(S(C)(=O)=O)nc3)C2)ccc1F. The van der Waals surface area contributed by atoms with Crippen molar-refractivity contribution in [3.05, 3.63) is 47.5 Å². The summed E-state index contributed by atoms with van der Waals surface area (Å²) in [6.45, 7) is 2.05. The van der Waals surface area contributed by atoms with E-state index >= 15 is 0 Å². The van der Waals surface area contributed by atoms with Crippen molar-refractivity contribution in [2.45, 2.75) is 49.3 Å². The van der Waals surface area contributed by atoms with Crippen molar-refractivity contribution in [2.24, 2.45) is 0 Å². The lowest BCUT2D eigenvalue weighted by atomic mass is 10.0. The molecule has 1 fully saturated rings. The fourth-order valence-electron chi connectivity index (χ4n) is 3.56. The molecule has 0 spiro atoms. The maximum atomic E-state index is 13.6. The lowest BCUT2D eigenvalue weighted by Gasteiger charge is -2.20. The van der Waals surface area contributed by atoms with Gasteiger partial charge in [-0.15, -0.1) is 0 Å². The highest BCUT2D eigenvalue weighted by Gasteiger charge is 2.28. The third-order valence-electron chi connectivity index (χ3n) is 5.04. The predicted octanol–water partition coefficient (Wildman–Crippen LogP) is 3.01. The van der Waals surface area contributed by atoms with E-state index in [9.17, 15) is 12.8 Å². The Hall–Kier alpha value is -2.06. The molecule has 0 unspecified atom stereocenters. The van der Waals surface area contributed by atoms with Crippen LogP contribution in [-0.4, -0.2) is 37.8 Å². The summed E-state index contributed by atoms with van der Waals surface area (Å²) in [5, 5.41) is 3.45. The smallest absolute Gasteiger partial charge is 0.246 e. The predicted molar refractivity (Wildman–Crippen MR) is 100 cm³/mol. The minimum atomic E-state index is -3.38. The number of ether oxygens (including phenoxy) is 1. The molecule has 1 saturated carbocycles. The number of sulfone groups is 1. The zero-order valence-corrected chi connectivity index (χ0v) is 16.5. The summed E-state index contributed by atoms with van der Waals surface area (Å²) in [4.78, 5) is 7.97. The fraction of sp³-hybridized carbons (Fsp3) is 0.474. The van der Waals surface area contributed by atoms with Crippen molar-refractivity contribution in [3.8, 4) is 5.75 Å². The first-order chi connectivity index (χ1) is 12.8. The zero-order chi connectivity index (χ0) is 19.6. The van der Waals surface area contributed by atoms with Crippen molar-refractivity contribution < 1.29 is 17.5 Å². The average molecular weight is 393 g/mol. The first-order valence-corrected chi connectivity index (χ1v) is 10.8. The van der Waals surface area contributed by atoms with Gasteiger partial charge in [0.05, 0.1) is 7.11 Å². The van der Waals surface area contributed by atoms with E-state index in [4.69, 9.17) is 4.74 Å². The van der Waals surface area contributed by atoms with Gasteiger partial charge in [0.1, 0.15) is 0 Å². The van der Waals surface area contributed by atoms with Crippen molar-refractivity contribution >= 4 is 9.84 Å². The van der Waals surface area contributed by atoms with Crippen LogP contribution in [0.5, 0.6) is 5.75 Å². The Morgan fingerprint density at radius 2 is 1.96 bits per heavy atom. The van der Waals surface area contributed by atoms with Crippen LogP contribution in [0, 0.1) is 5.82 Å². The quantitative estimate of drug-likeness (QED) is 0.760. The van der Waals surface area contributed by atoms with Crippen LogP contribution in [-0.2, 0) is 9.84 Å². The van der Waals surface area contributed by atoms with E-state index in [0.717, 1.165) is 36.6 Å². The summed E-state index contributed by atoms with van der Waals surface area (Å²) >= 11 is 0. The maximum absolute atomic E-state index is 13.6. The molecule has 1 aliphatic rings. The number of benzene rings is 1. The molecule has 3 atom stereocenters. The van der Waals surface area contributed by atoms with E-state index in [1.54, 1.807) is 24.5 Å². The van der Waals surface area contributed by atoms with Gasteiger partial charge in [-0.3, -0.25) is 0 Å². The molecule has 1 aromatic carbocycles. The van der Waals surface area contributed by atoms with Crippen molar-refractivity contribution in [2.75, 3.05) is 13.4 Å². The Bertz CT molecular complexity index is 903. The summed E-state index contributed by atoms with van der Waals surface area (Å²) in [7, 11) is -1.92. The highest BCUT2D eigenvalue weighted by molar-refractivity contribution is 7.90. The molecule has 0 radical (unpaired) electrons. The van der Waals surface area contributed by atoms with Crippen LogP contribution >= 0.6 is 0 Å².